The number of hydrogen-bond donors (Lipinski definition) is 1. The lowest BCUT2D eigenvalue weighted by Gasteiger charge is -2.21. The van der Waals surface area contributed by atoms with Crippen LogP contribution in [-0.4, -0.2) is 52.7 Å². The molecule has 1 aromatic heterocycles. The Morgan fingerprint density at radius 3 is 2.52 bits per heavy atom. The van der Waals surface area contributed by atoms with E-state index in [9.17, 15) is 13.2 Å². The van der Waals surface area contributed by atoms with E-state index in [0.717, 1.165) is 0 Å². The van der Waals surface area contributed by atoms with Crippen LogP contribution in [0.3, 0.4) is 0 Å². The van der Waals surface area contributed by atoms with Gasteiger partial charge in [-0.1, -0.05) is 0 Å². The summed E-state index contributed by atoms with van der Waals surface area (Å²) in [5.74, 6) is 1.33. The molecule has 1 amide bonds. The third-order valence-corrected chi connectivity index (χ3v) is 6.37. The maximum Gasteiger partial charge on any atom is 0.262 e. The number of amides is 1. The minimum Gasteiger partial charge on any atom is -0.486 e. The van der Waals surface area contributed by atoms with E-state index < -0.39 is 10.0 Å². The van der Waals surface area contributed by atoms with Gasteiger partial charge in [0.25, 0.3) is 15.9 Å². The van der Waals surface area contributed by atoms with Crippen LogP contribution in [0.5, 0.6) is 11.5 Å². The summed E-state index contributed by atoms with van der Waals surface area (Å²) in [6.07, 6.45) is 1.55. The SMILES string of the molecule is COCCN(Cc1ccco1)C(=O)c1ccc(NS(=O)(=O)c2ccc3c(c2)OCCO3)cc1. The summed E-state index contributed by atoms with van der Waals surface area (Å²) in [5.41, 5.74) is 0.746. The summed E-state index contributed by atoms with van der Waals surface area (Å²) in [4.78, 5) is 14.7. The predicted octanol–water partition coefficient (Wildman–Crippen LogP) is 3.14. The number of nitrogens with one attached hydrogen (secondary N) is 1. The summed E-state index contributed by atoms with van der Waals surface area (Å²) < 4.78 is 49.5. The Morgan fingerprint density at radius 1 is 1.06 bits per heavy atom. The molecule has 2 aromatic carbocycles. The van der Waals surface area contributed by atoms with Gasteiger partial charge in [0.05, 0.1) is 24.3 Å². The Bertz CT molecular complexity index is 1190. The van der Waals surface area contributed by atoms with E-state index in [-0.39, 0.29) is 10.8 Å². The number of carbonyl (C=O) groups excluding carboxylic acids is 1. The highest BCUT2D eigenvalue weighted by Gasteiger charge is 2.21. The number of anilines is 1. The molecule has 1 aliphatic heterocycles. The fourth-order valence-electron chi connectivity index (χ4n) is 3.31. The van der Waals surface area contributed by atoms with Gasteiger partial charge in [-0.3, -0.25) is 9.52 Å². The molecule has 33 heavy (non-hydrogen) atoms. The van der Waals surface area contributed by atoms with Gasteiger partial charge < -0.3 is 23.5 Å². The van der Waals surface area contributed by atoms with Crippen molar-refractivity contribution in [2.24, 2.45) is 0 Å². The van der Waals surface area contributed by atoms with Gasteiger partial charge in [-0.2, -0.15) is 0 Å². The molecular formula is C23H24N2O7S. The molecule has 0 radical (unpaired) electrons. The summed E-state index contributed by atoms with van der Waals surface area (Å²) in [5, 5.41) is 0. The van der Waals surface area contributed by atoms with Crippen molar-refractivity contribution in [3.63, 3.8) is 0 Å². The van der Waals surface area contributed by atoms with Crippen LogP contribution in [-0.2, 0) is 21.3 Å². The molecule has 174 valence electrons. The topological polar surface area (TPSA) is 107 Å². The average Bonchev–Trinajstić information content (AvgIpc) is 3.34. The van der Waals surface area contributed by atoms with Gasteiger partial charge in [0.1, 0.15) is 19.0 Å². The molecule has 0 unspecified atom stereocenters. The van der Waals surface area contributed by atoms with Crippen molar-refractivity contribution in [2.45, 2.75) is 11.4 Å². The second kappa shape index (κ2) is 9.97. The van der Waals surface area contributed by atoms with E-state index in [1.54, 1.807) is 60.7 Å². The number of rotatable bonds is 9. The Balaban J connectivity index is 1.47. The third kappa shape index (κ3) is 5.47. The van der Waals surface area contributed by atoms with Crippen molar-refractivity contribution in [1.82, 2.24) is 4.90 Å². The van der Waals surface area contributed by atoms with Crippen LogP contribution < -0.4 is 14.2 Å². The first-order valence-electron chi connectivity index (χ1n) is 10.3. The molecule has 0 aliphatic carbocycles. The van der Waals surface area contributed by atoms with Gasteiger partial charge in [0.2, 0.25) is 0 Å². The zero-order valence-electron chi connectivity index (χ0n) is 18.0. The molecule has 0 bridgehead atoms. The van der Waals surface area contributed by atoms with E-state index in [4.69, 9.17) is 18.6 Å². The quantitative estimate of drug-likeness (QED) is 0.510. The molecule has 4 rings (SSSR count). The normalized spacial score (nSPS) is 12.9. The average molecular weight is 473 g/mol. The van der Waals surface area contributed by atoms with Gasteiger partial charge >= 0.3 is 0 Å². The maximum atomic E-state index is 13.0. The van der Waals surface area contributed by atoms with Crippen LogP contribution in [0.25, 0.3) is 0 Å². The first-order valence-corrected chi connectivity index (χ1v) is 11.8. The van der Waals surface area contributed by atoms with Crippen molar-refractivity contribution in [2.75, 3.05) is 38.2 Å². The molecule has 0 saturated carbocycles. The summed E-state index contributed by atoms with van der Waals surface area (Å²) >= 11 is 0. The molecule has 1 N–H and O–H groups in total. The molecule has 9 nitrogen and oxygen atoms in total. The van der Waals surface area contributed by atoms with Crippen molar-refractivity contribution < 1.29 is 31.8 Å². The standard InChI is InChI=1S/C23H24N2O7S/c1-29-12-10-25(16-19-3-2-11-30-19)23(26)17-4-6-18(7-5-17)24-33(27,28)20-8-9-21-22(15-20)32-14-13-31-21/h2-9,11,15,24H,10,12-14,16H2,1H3. The van der Waals surface area contributed by atoms with Crippen LogP contribution in [0.2, 0.25) is 0 Å². The first-order chi connectivity index (χ1) is 16.0. The highest BCUT2D eigenvalue weighted by atomic mass is 32.2. The first kappa shape index (κ1) is 22.7. The number of ether oxygens (including phenoxy) is 3. The summed E-state index contributed by atoms with van der Waals surface area (Å²) in [6, 6.07) is 14.2. The summed E-state index contributed by atoms with van der Waals surface area (Å²) in [7, 11) is -2.28. The highest BCUT2D eigenvalue weighted by Crippen LogP contribution is 2.32. The second-order valence-electron chi connectivity index (χ2n) is 7.29. The molecule has 0 saturated heterocycles. The molecule has 1 aliphatic rings. The van der Waals surface area contributed by atoms with Gasteiger partial charge in [0, 0.05) is 31.0 Å². The monoisotopic (exact) mass is 472 g/mol. The number of fused-ring (bicyclic) bond motifs is 1. The number of benzene rings is 2. The summed E-state index contributed by atoms with van der Waals surface area (Å²) in [6.45, 7) is 1.84. The molecule has 0 fully saturated rings. The smallest absolute Gasteiger partial charge is 0.262 e. The van der Waals surface area contributed by atoms with Crippen molar-refractivity contribution >= 4 is 21.6 Å². The van der Waals surface area contributed by atoms with Crippen molar-refractivity contribution in [3.05, 3.63) is 72.2 Å². The Morgan fingerprint density at radius 2 is 1.82 bits per heavy atom. The zero-order chi connectivity index (χ0) is 23.3. The van der Waals surface area contributed by atoms with Gasteiger partial charge in [-0.25, -0.2) is 8.42 Å². The van der Waals surface area contributed by atoms with Crippen LogP contribution in [0.4, 0.5) is 5.69 Å². The van der Waals surface area contributed by atoms with Crippen LogP contribution in [0.15, 0.2) is 70.2 Å². The lowest BCUT2D eigenvalue weighted by atomic mass is 10.2. The van der Waals surface area contributed by atoms with Crippen LogP contribution in [0, 0.1) is 0 Å². The minimum absolute atomic E-state index is 0.0519. The third-order valence-electron chi connectivity index (χ3n) is 4.99. The molecule has 0 atom stereocenters. The fraction of sp³-hybridized carbons (Fsp3) is 0.261. The van der Waals surface area contributed by atoms with Crippen LogP contribution >= 0.6 is 0 Å². The van der Waals surface area contributed by atoms with E-state index >= 15 is 0 Å². The largest absolute Gasteiger partial charge is 0.486 e. The second-order valence-corrected chi connectivity index (χ2v) is 8.97. The van der Waals surface area contributed by atoms with E-state index in [1.165, 1.54) is 12.1 Å². The highest BCUT2D eigenvalue weighted by molar-refractivity contribution is 7.92. The Kier molecular flexibility index (Phi) is 6.85. The minimum atomic E-state index is -3.85. The number of furan rings is 1. The fourth-order valence-corrected chi connectivity index (χ4v) is 4.39. The Labute approximate surface area is 191 Å². The van der Waals surface area contributed by atoms with Gasteiger partial charge in [-0.15, -0.1) is 0 Å². The van der Waals surface area contributed by atoms with Crippen molar-refractivity contribution in [1.29, 1.82) is 0 Å². The zero-order valence-corrected chi connectivity index (χ0v) is 18.8. The van der Waals surface area contributed by atoms with E-state index in [0.29, 0.717) is 61.4 Å². The predicted molar refractivity (Wildman–Crippen MR) is 120 cm³/mol. The number of carbonyl (C=O) groups is 1. The van der Waals surface area contributed by atoms with Crippen LogP contribution in [0.1, 0.15) is 16.1 Å². The van der Waals surface area contributed by atoms with Crippen molar-refractivity contribution in [3.8, 4) is 11.5 Å². The Hall–Kier alpha value is -3.50. The molecule has 10 heteroatoms. The number of nitrogens with zero attached hydrogens (tertiary/aromatic N) is 1. The lowest BCUT2D eigenvalue weighted by Crippen LogP contribution is -2.33. The molecule has 0 spiro atoms. The van der Waals surface area contributed by atoms with Gasteiger partial charge in [0.15, 0.2) is 11.5 Å². The van der Waals surface area contributed by atoms with E-state index in [2.05, 4.69) is 4.72 Å². The maximum absolute atomic E-state index is 13.0. The molecule has 2 heterocycles. The number of methoxy groups -OCH3 is 1. The van der Waals surface area contributed by atoms with Gasteiger partial charge in [-0.05, 0) is 48.5 Å². The molecular weight excluding hydrogens is 448 g/mol. The number of sulfonamides is 1. The lowest BCUT2D eigenvalue weighted by molar-refractivity contribution is 0.0666. The molecule has 3 aromatic rings. The van der Waals surface area contributed by atoms with E-state index in [1.807, 2.05) is 0 Å². The number of hydrogen-bond acceptors (Lipinski definition) is 7.